The minimum atomic E-state index is -0.941. The molecule has 2 aromatic heterocycles. The highest BCUT2D eigenvalue weighted by molar-refractivity contribution is 6.31. The molecule has 0 fully saturated rings. The van der Waals surface area contributed by atoms with Crippen molar-refractivity contribution in [2.75, 3.05) is 0 Å². The Hall–Kier alpha value is -3.91. The predicted octanol–water partition coefficient (Wildman–Crippen LogP) is 4.40. The fraction of sp³-hybridized carbons (Fsp3) is 0.125. The molecule has 0 spiro atoms. The van der Waals surface area contributed by atoms with Gasteiger partial charge in [0.15, 0.2) is 23.1 Å². The fourth-order valence-corrected chi connectivity index (χ4v) is 3.27. The van der Waals surface area contributed by atoms with Gasteiger partial charge < -0.3 is 14.0 Å². The maximum absolute atomic E-state index is 14.7. The largest absolute Gasteiger partial charge is 0.485 e. The summed E-state index contributed by atoms with van der Waals surface area (Å²) < 4.78 is 28.2. The lowest BCUT2D eigenvalue weighted by molar-refractivity contribution is 0.290. The quantitative estimate of drug-likeness (QED) is 0.420. The van der Waals surface area contributed by atoms with Crippen LogP contribution in [0.15, 0.2) is 76.3 Å². The number of para-hydroxylation sites is 2. The molecule has 0 N–H and O–H groups in total. The summed E-state index contributed by atoms with van der Waals surface area (Å²) in [5.41, 5.74) is -0.0770. The second kappa shape index (κ2) is 9.30. The summed E-state index contributed by atoms with van der Waals surface area (Å²) in [4.78, 5) is 29.1. The predicted molar refractivity (Wildman–Crippen MR) is 122 cm³/mol. The van der Waals surface area contributed by atoms with Crippen LogP contribution in [-0.2, 0) is 13.7 Å². The third-order valence-corrected chi connectivity index (χ3v) is 5.21. The van der Waals surface area contributed by atoms with E-state index in [4.69, 9.17) is 21.1 Å². The van der Waals surface area contributed by atoms with E-state index in [-0.39, 0.29) is 16.7 Å². The van der Waals surface area contributed by atoms with E-state index < -0.39 is 22.9 Å². The summed E-state index contributed by atoms with van der Waals surface area (Å²) in [6, 6.07) is 18.6. The first-order chi connectivity index (χ1) is 15.8. The van der Waals surface area contributed by atoms with Crippen molar-refractivity contribution in [3.05, 3.63) is 110 Å². The molecule has 33 heavy (non-hydrogen) atoms. The molecule has 0 saturated carbocycles. The minimum absolute atomic E-state index is 0.133. The third kappa shape index (κ3) is 4.65. The molecule has 0 aliphatic rings. The van der Waals surface area contributed by atoms with Gasteiger partial charge in [-0.3, -0.25) is 4.79 Å². The summed E-state index contributed by atoms with van der Waals surface area (Å²) in [6.07, 6.45) is 0. The molecule has 4 aromatic rings. The molecule has 2 heterocycles. The standard InChI is InChI=1S/C24H19ClFN3O4/c1-15-12-21(30)29(24(31)28(15)2)22-18(26)13-17(25)23(27-22)33-20-11-7-6-10-19(20)32-14-16-8-4-3-5-9-16/h3-13H,14H2,1-2H3. The first kappa shape index (κ1) is 22.3. The van der Waals surface area contributed by atoms with Crippen molar-refractivity contribution in [1.29, 1.82) is 0 Å². The molecular formula is C24H19ClFN3O4. The van der Waals surface area contributed by atoms with E-state index in [1.165, 1.54) is 17.7 Å². The summed E-state index contributed by atoms with van der Waals surface area (Å²) in [7, 11) is 1.47. The Morgan fingerprint density at radius 3 is 2.39 bits per heavy atom. The first-order valence-electron chi connectivity index (χ1n) is 9.95. The highest BCUT2D eigenvalue weighted by atomic mass is 35.5. The van der Waals surface area contributed by atoms with Crippen LogP contribution in [0, 0.1) is 12.7 Å². The first-order valence-corrected chi connectivity index (χ1v) is 10.3. The molecular weight excluding hydrogens is 449 g/mol. The van der Waals surface area contributed by atoms with Crippen molar-refractivity contribution < 1.29 is 13.9 Å². The third-order valence-electron chi connectivity index (χ3n) is 4.94. The summed E-state index contributed by atoms with van der Waals surface area (Å²) >= 11 is 6.16. The lowest BCUT2D eigenvalue weighted by atomic mass is 10.2. The van der Waals surface area contributed by atoms with E-state index in [0.717, 1.165) is 11.6 Å². The Balaban J connectivity index is 1.71. The Bertz CT molecular complexity index is 1430. The van der Waals surface area contributed by atoms with Gasteiger partial charge in [-0.15, -0.1) is 0 Å². The van der Waals surface area contributed by atoms with E-state index in [0.29, 0.717) is 22.6 Å². The molecule has 0 bridgehead atoms. The number of rotatable bonds is 6. The highest BCUT2D eigenvalue weighted by Crippen LogP contribution is 2.35. The van der Waals surface area contributed by atoms with Gasteiger partial charge in [0, 0.05) is 24.9 Å². The lowest BCUT2D eigenvalue weighted by Gasteiger charge is -2.14. The van der Waals surface area contributed by atoms with E-state index >= 15 is 0 Å². The molecule has 0 aliphatic carbocycles. The smallest absolute Gasteiger partial charge is 0.336 e. The molecule has 0 aliphatic heterocycles. The van der Waals surface area contributed by atoms with E-state index in [1.807, 2.05) is 30.3 Å². The Labute approximate surface area is 193 Å². The van der Waals surface area contributed by atoms with Crippen molar-refractivity contribution >= 4 is 11.6 Å². The van der Waals surface area contributed by atoms with Crippen LogP contribution in [0.3, 0.4) is 0 Å². The maximum atomic E-state index is 14.7. The summed E-state index contributed by atoms with van der Waals surface area (Å²) in [5, 5.41) is -0.133. The van der Waals surface area contributed by atoms with Crippen LogP contribution in [-0.4, -0.2) is 14.1 Å². The van der Waals surface area contributed by atoms with Crippen LogP contribution in [0.2, 0.25) is 5.02 Å². The van der Waals surface area contributed by atoms with Gasteiger partial charge in [-0.2, -0.15) is 4.98 Å². The van der Waals surface area contributed by atoms with Gasteiger partial charge in [-0.25, -0.2) is 13.8 Å². The molecule has 0 radical (unpaired) electrons. The van der Waals surface area contributed by atoms with Gasteiger partial charge in [0.1, 0.15) is 11.6 Å². The van der Waals surface area contributed by atoms with E-state index in [9.17, 15) is 14.0 Å². The number of benzene rings is 2. The number of aryl methyl sites for hydroxylation is 1. The van der Waals surface area contributed by atoms with Crippen molar-refractivity contribution in [1.82, 2.24) is 14.1 Å². The van der Waals surface area contributed by atoms with Crippen molar-refractivity contribution in [2.45, 2.75) is 13.5 Å². The molecule has 0 atom stereocenters. The zero-order valence-corrected chi connectivity index (χ0v) is 18.5. The Morgan fingerprint density at radius 2 is 1.67 bits per heavy atom. The van der Waals surface area contributed by atoms with Crippen LogP contribution in [0.4, 0.5) is 4.39 Å². The van der Waals surface area contributed by atoms with Crippen LogP contribution in [0.1, 0.15) is 11.3 Å². The molecule has 7 nitrogen and oxygen atoms in total. The maximum Gasteiger partial charge on any atom is 0.336 e. The molecule has 9 heteroatoms. The number of aromatic nitrogens is 3. The van der Waals surface area contributed by atoms with Crippen LogP contribution in [0.25, 0.3) is 5.82 Å². The van der Waals surface area contributed by atoms with E-state index in [2.05, 4.69) is 4.98 Å². The normalized spacial score (nSPS) is 10.8. The van der Waals surface area contributed by atoms with Crippen molar-refractivity contribution in [2.24, 2.45) is 7.05 Å². The second-order valence-electron chi connectivity index (χ2n) is 7.20. The van der Waals surface area contributed by atoms with Gasteiger partial charge in [0.2, 0.25) is 5.88 Å². The molecule has 2 aromatic carbocycles. The Kier molecular flexibility index (Phi) is 6.28. The molecule has 0 unspecified atom stereocenters. The van der Waals surface area contributed by atoms with Crippen molar-refractivity contribution in [3.8, 4) is 23.2 Å². The minimum Gasteiger partial charge on any atom is -0.485 e. The average molecular weight is 468 g/mol. The van der Waals surface area contributed by atoms with Crippen LogP contribution < -0.4 is 20.7 Å². The van der Waals surface area contributed by atoms with Gasteiger partial charge in [0.25, 0.3) is 5.56 Å². The Morgan fingerprint density at radius 1 is 1.00 bits per heavy atom. The number of nitrogens with zero attached hydrogens (tertiary/aromatic N) is 3. The topological polar surface area (TPSA) is 75.4 Å². The lowest BCUT2D eigenvalue weighted by Crippen LogP contribution is -2.39. The zero-order chi connectivity index (χ0) is 23.5. The van der Waals surface area contributed by atoms with Gasteiger partial charge >= 0.3 is 5.69 Å². The summed E-state index contributed by atoms with van der Waals surface area (Å²) in [6.45, 7) is 1.89. The van der Waals surface area contributed by atoms with E-state index in [1.54, 1.807) is 31.2 Å². The van der Waals surface area contributed by atoms with Gasteiger partial charge in [-0.05, 0) is 24.6 Å². The van der Waals surface area contributed by atoms with Gasteiger partial charge in [-0.1, -0.05) is 54.1 Å². The monoisotopic (exact) mass is 467 g/mol. The van der Waals surface area contributed by atoms with Crippen LogP contribution in [0.5, 0.6) is 17.4 Å². The average Bonchev–Trinajstić information content (AvgIpc) is 2.80. The van der Waals surface area contributed by atoms with Gasteiger partial charge in [0.05, 0.1) is 0 Å². The number of hydrogen-bond donors (Lipinski definition) is 0. The van der Waals surface area contributed by atoms with Crippen molar-refractivity contribution in [3.63, 3.8) is 0 Å². The van der Waals surface area contributed by atoms with Crippen LogP contribution >= 0.6 is 11.6 Å². The number of ether oxygens (including phenoxy) is 2. The number of halogens is 2. The zero-order valence-electron chi connectivity index (χ0n) is 17.8. The molecule has 0 amide bonds. The summed E-state index contributed by atoms with van der Waals surface area (Å²) in [5.74, 6) is -0.942. The number of hydrogen-bond acceptors (Lipinski definition) is 5. The second-order valence-corrected chi connectivity index (χ2v) is 7.61. The SMILES string of the molecule is Cc1cc(=O)n(-c2nc(Oc3ccccc3OCc3ccccc3)c(Cl)cc2F)c(=O)n1C. The fourth-order valence-electron chi connectivity index (χ4n) is 3.09. The molecule has 4 rings (SSSR count). The molecule has 168 valence electrons. The number of pyridine rings is 1. The molecule has 0 saturated heterocycles. The highest BCUT2D eigenvalue weighted by Gasteiger charge is 2.19.